The molecular formula is C24H23F3N4. The highest BCUT2D eigenvalue weighted by molar-refractivity contribution is 5.79. The first-order valence-electron chi connectivity index (χ1n) is 9.99. The lowest BCUT2D eigenvalue weighted by molar-refractivity contribution is 0.262. The zero-order valence-corrected chi connectivity index (χ0v) is 17.7. The first-order chi connectivity index (χ1) is 14.6. The van der Waals surface area contributed by atoms with Crippen molar-refractivity contribution in [1.29, 1.82) is 0 Å². The number of H-pyrrole nitrogens is 1. The van der Waals surface area contributed by atoms with Gasteiger partial charge >= 0.3 is 0 Å². The molecule has 2 aromatic heterocycles. The third-order valence-electron chi connectivity index (χ3n) is 5.58. The van der Waals surface area contributed by atoms with Crippen LogP contribution >= 0.6 is 0 Å². The van der Waals surface area contributed by atoms with Gasteiger partial charge in [0, 0.05) is 17.8 Å². The second-order valence-corrected chi connectivity index (χ2v) is 8.66. The average Bonchev–Trinajstić information content (AvgIpc) is 3.34. The summed E-state index contributed by atoms with van der Waals surface area (Å²) in [6, 6.07) is 9.60. The van der Waals surface area contributed by atoms with E-state index >= 15 is 0 Å². The minimum absolute atomic E-state index is 0.00714. The second kappa shape index (κ2) is 7.72. The molecule has 0 aliphatic carbocycles. The molecule has 0 spiro atoms. The van der Waals surface area contributed by atoms with Gasteiger partial charge in [0.2, 0.25) is 0 Å². The Morgan fingerprint density at radius 1 is 0.968 bits per heavy atom. The number of halogens is 3. The molecule has 0 bridgehead atoms. The summed E-state index contributed by atoms with van der Waals surface area (Å²) in [4.78, 5) is 12.0. The van der Waals surface area contributed by atoms with Crippen LogP contribution in [0.2, 0.25) is 0 Å². The summed E-state index contributed by atoms with van der Waals surface area (Å²) >= 11 is 0. The van der Waals surface area contributed by atoms with Gasteiger partial charge in [0.25, 0.3) is 0 Å². The number of benzene rings is 2. The topological polar surface area (TPSA) is 46.5 Å². The molecule has 4 rings (SSSR count). The van der Waals surface area contributed by atoms with Gasteiger partial charge < -0.3 is 9.55 Å². The number of rotatable bonds is 4. The predicted octanol–water partition coefficient (Wildman–Crippen LogP) is 6.63. The van der Waals surface area contributed by atoms with E-state index in [4.69, 9.17) is 0 Å². The van der Waals surface area contributed by atoms with Crippen molar-refractivity contribution in [2.45, 2.75) is 33.7 Å². The van der Waals surface area contributed by atoms with Crippen molar-refractivity contribution in [1.82, 2.24) is 19.5 Å². The summed E-state index contributed by atoms with van der Waals surface area (Å²) in [5.41, 5.74) is 1.88. The van der Waals surface area contributed by atoms with Gasteiger partial charge in [-0.1, -0.05) is 26.8 Å². The fraction of sp³-hybridized carbons (Fsp3) is 0.250. The normalized spacial score (nSPS) is 12.9. The highest BCUT2D eigenvalue weighted by atomic mass is 19.1. The van der Waals surface area contributed by atoms with E-state index in [9.17, 15) is 13.2 Å². The van der Waals surface area contributed by atoms with Crippen molar-refractivity contribution in [3.63, 3.8) is 0 Å². The second-order valence-electron chi connectivity index (χ2n) is 8.66. The predicted molar refractivity (Wildman–Crippen MR) is 115 cm³/mol. The zero-order chi connectivity index (χ0) is 22.3. The molecule has 2 heterocycles. The smallest absolute Gasteiger partial charge is 0.144 e. The van der Waals surface area contributed by atoms with E-state index < -0.39 is 11.6 Å². The van der Waals surface area contributed by atoms with Gasteiger partial charge in [0.1, 0.15) is 29.0 Å². The van der Waals surface area contributed by atoms with Crippen LogP contribution in [0.1, 0.15) is 33.7 Å². The Bertz CT molecular complexity index is 1200. The molecule has 31 heavy (non-hydrogen) atoms. The molecule has 7 heteroatoms. The van der Waals surface area contributed by atoms with Crippen LogP contribution in [0.15, 0.2) is 55.0 Å². The van der Waals surface area contributed by atoms with Crippen LogP contribution in [0.25, 0.3) is 34.0 Å². The van der Waals surface area contributed by atoms with Gasteiger partial charge in [0.15, 0.2) is 0 Å². The summed E-state index contributed by atoms with van der Waals surface area (Å²) < 4.78 is 44.3. The standard InChI is InChI=1S/C24H23F3N4/c1-14(24(2,3)4)31-12-19(28-13-31)22-21(15-8-10-16(25)11-9-15)29-23(30-22)20-17(26)6-5-7-18(20)27/h5-14H,1-4H3,(H,29,30)/t14-/m1/s1. The Labute approximate surface area is 178 Å². The minimum atomic E-state index is -0.724. The summed E-state index contributed by atoms with van der Waals surface area (Å²) in [7, 11) is 0. The highest BCUT2D eigenvalue weighted by Gasteiger charge is 2.24. The SMILES string of the molecule is C[C@@H](n1cnc(-c2[nH]c(-c3c(F)cccc3F)nc2-c2ccc(F)cc2)c1)C(C)(C)C. The fourth-order valence-electron chi connectivity index (χ4n) is 3.34. The lowest BCUT2D eigenvalue weighted by atomic mass is 9.88. The molecule has 0 radical (unpaired) electrons. The fourth-order valence-corrected chi connectivity index (χ4v) is 3.34. The van der Waals surface area contributed by atoms with Crippen molar-refractivity contribution in [2.75, 3.05) is 0 Å². The van der Waals surface area contributed by atoms with Crippen molar-refractivity contribution in [3.05, 3.63) is 72.4 Å². The summed E-state index contributed by atoms with van der Waals surface area (Å²) in [5, 5.41) is 0. The Morgan fingerprint density at radius 2 is 1.61 bits per heavy atom. The van der Waals surface area contributed by atoms with Crippen LogP contribution in [0, 0.1) is 22.9 Å². The van der Waals surface area contributed by atoms with Crippen LogP contribution in [-0.4, -0.2) is 19.5 Å². The maximum atomic E-state index is 14.4. The number of imidazole rings is 2. The van der Waals surface area contributed by atoms with Crippen LogP contribution in [0.5, 0.6) is 0 Å². The molecule has 0 saturated heterocycles. The number of hydrogen-bond acceptors (Lipinski definition) is 2. The van der Waals surface area contributed by atoms with E-state index in [0.717, 1.165) is 0 Å². The van der Waals surface area contributed by atoms with Crippen molar-refractivity contribution in [2.24, 2.45) is 5.41 Å². The van der Waals surface area contributed by atoms with Gasteiger partial charge in [-0.25, -0.2) is 23.1 Å². The van der Waals surface area contributed by atoms with Crippen LogP contribution in [0.3, 0.4) is 0 Å². The van der Waals surface area contributed by atoms with Crippen molar-refractivity contribution in [3.8, 4) is 34.0 Å². The van der Waals surface area contributed by atoms with E-state index in [-0.39, 0.29) is 28.7 Å². The lowest BCUT2D eigenvalue weighted by Gasteiger charge is -2.28. The third kappa shape index (κ3) is 4.00. The van der Waals surface area contributed by atoms with E-state index in [1.54, 1.807) is 18.5 Å². The maximum Gasteiger partial charge on any atom is 0.144 e. The lowest BCUT2D eigenvalue weighted by Crippen LogP contribution is -2.20. The Morgan fingerprint density at radius 3 is 2.23 bits per heavy atom. The Hall–Kier alpha value is -3.35. The molecule has 0 aliphatic heterocycles. The minimum Gasteiger partial charge on any atom is -0.336 e. The molecule has 0 fully saturated rings. The zero-order valence-electron chi connectivity index (χ0n) is 17.7. The molecule has 0 unspecified atom stereocenters. The van der Waals surface area contributed by atoms with Crippen molar-refractivity contribution < 1.29 is 13.2 Å². The molecule has 0 saturated carbocycles. The first-order valence-corrected chi connectivity index (χ1v) is 9.99. The molecule has 1 N–H and O–H groups in total. The number of hydrogen-bond donors (Lipinski definition) is 1. The van der Waals surface area contributed by atoms with Crippen LogP contribution < -0.4 is 0 Å². The molecule has 2 aromatic carbocycles. The number of nitrogens with zero attached hydrogens (tertiary/aromatic N) is 3. The molecule has 160 valence electrons. The summed E-state index contributed by atoms with van der Waals surface area (Å²) in [6.07, 6.45) is 3.60. The largest absolute Gasteiger partial charge is 0.336 e. The van der Waals surface area contributed by atoms with Gasteiger partial charge in [-0.2, -0.15) is 0 Å². The monoisotopic (exact) mass is 424 g/mol. The summed E-state index contributed by atoms with van der Waals surface area (Å²) in [6.45, 7) is 8.50. The Balaban J connectivity index is 1.88. The van der Waals surface area contributed by atoms with E-state index in [2.05, 4.69) is 42.6 Å². The van der Waals surface area contributed by atoms with Crippen LogP contribution in [-0.2, 0) is 0 Å². The third-order valence-corrected chi connectivity index (χ3v) is 5.58. The summed E-state index contributed by atoms with van der Waals surface area (Å²) in [5.74, 6) is -1.79. The Kier molecular flexibility index (Phi) is 5.21. The van der Waals surface area contributed by atoms with Crippen molar-refractivity contribution >= 4 is 0 Å². The molecular weight excluding hydrogens is 401 g/mol. The molecule has 1 atom stereocenters. The first kappa shape index (κ1) is 20.9. The quantitative estimate of drug-likeness (QED) is 0.400. The van der Waals surface area contributed by atoms with Gasteiger partial charge in [-0.05, 0) is 48.7 Å². The highest BCUT2D eigenvalue weighted by Crippen LogP contribution is 2.36. The number of aromatic nitrogens is 4. The number of nitrogens with one attached hydrogen (secondary N) is 1. The molecule has 4 aromatic rings. The van der Waals surface area contributed by atoms with Gasteiger partial charge in [-0.15, -0.1) is 0 Å². The van der Waals surface area contributed by atoms with Gasteiger partial charge in [0.05, 0.1) is 23.3 Å². The maximum absolute atomic E-state index is 14.4. The van der Waals surface area contributed by atoms with E-state index in [1.807, 2.05) is 10.8 Å². The molecule has 0 aliphatic rings. The van der Waals surface area contributed by atoms with E-state index in [1.165, 1.54) is 30.3 Å². The molecule has 4 nitrogen and oxygen atoms in total. The van der Waals surface area contributed by atoms with Crippen LogP contribution in [0.4, 0.5) is 13.2 Å². The number of aromatic amines is 1. The van der Waals surface area contributed by atoms with Gasteiger partial charge in [-0.3, -0.25) is 0 Å². The average molecular weight is 424 g/mol. The van der Waals surface area contributed by atoms with E-state index in [0.29, 0.717) is 22.6 Å². The molecule has 0 amide bonds.